The third kappa shape index (κ3) is 5.19. The SMILES string of the molecule is C=C1[C@H](O)CC(=C/C=C2\CCC[C@]3(C)/C(=C(\C)CCCC(C)(C)C)CCC23)C[C@H]1O. The van der Waals surface area contributed by atoms with Crippen LogP contribution in [0.3, 0.4) is 0 Å². The van der Waals surface area contributed by atoms with E-state index in [2.05, 4.69) is 53.3 Å². The molecule has 3 aliphatic carbocycles. The minimum Gasteiger partial charge on any atom is -0.388 e. The first-order valence-electron chi connectivity index (χ1n) is 12.1. The molecule has 3 rings (SSSR count). The van der Waals surface area contributed by atoms with Crippen LogP contribution in [0.5, 0.6) is 0 Å². The lowest BCUT2D eigenvalue weighted by molar-refractivity contribution is 0.123. The van der Waals surface area contributed by atoms with Gasteiger partial charge in [-0.1, -0.05) is 68.7 Å². The minimum atomic E-state index is -0.605. The molecule has 0 aromatic heterocycles. The van der Waals surface area contributed by atoms with Crippen LogP contribution in [0, 0.1) is 16.7 Å². The molecule has 0 aromatic rings. The molecule has 3 aliphatic rings. The van der Waals surface area contributed by atoms with Gasteiger partial charge in [-0.15, -0.1) is 0 Å². The predicted octanol–water partition coefficient (Wildman–Crippen LogP) is 7.04. The van der Waals surface area contributed by atoms with E-state index in [1.165, 1.54) is 51.4 Å². The van der Waals surface area contributed by atoms with E-state index in [1.807, 2.05) is 0 Å². The summed E-state index contributed by atoms with van der Waals surface area (Å²) >= 11 is 0. The Balaban J connectivity index is 1.74. The Kier molecular flexibility index (Phi) is 7.19. The summed E-state index contributed by atoms with van der Waals surface area (Å²) in [7, 11) is 0. The molecule has 2 heteroatoms. The minimum absolute atomic E-state index is 0.328. The van der Waals surface area contributed by atoms with Gasteiger partial charge in [0, 0.05) is 0 Å². The van der Waals surface area contributed by atoms with Crippen LogP contribution in [-0.2, 0) is 0 Å². The number of allylic oxidation sites excluding steroid dienone is 5. The van der Waals surface area contributed by atoms with Crippen LogP contribution in [-0.4, -0.2) is 22.4 Å². The van der Waals surface area contributed by atoms with Crippen LogP contribution < -0.4 is 0 Å². The highest BCUT2D eigenvalue weighted by Gasteiger charge is 2.46. The van der Waals surface area contributed by atoms with Crippen LogP contribution in [0.25, 0.3) is 0 Å². The fourth-order valence-corrected chi connectivity index (χ4v) is 6.22. The number of hydrogen-bond acceptors (Lipinski definition) is 2. The average Bonchev–Trinajstić information content (AvgIpc) is 3.00. The molecule has 2 N–H and O–H groups in total. The smallest absolute Gasteiger partial charge is 0.0809 e. The molecule has 3 fully saturated rings. The first-order chi connectivity index (χ1) is 14.0. The van der Waals surface area contributed by atoms with Crippen molar-refractivity contribution in [3.8, 4) is 0 Å². The van der Waals surface area contributed by atoms with Gasteiger partial charge in [-0.05, 0) is 93.5 Å². The molecule has 168 valence electrons. The number of aliphatic hydroxyl groups is 2. The molecular formula is C28H44O2. The Morgan fingerprint density at radius 3 is 2.43 bits per heavy atom. The van der Waals surface area contributed by atoms with E-state index in [1.54, 1.807) is 16.7 Å². The van der Waals surface area contributed by atoms with Crippen LogP contribution in [0.15, 0.2) is 46.6 Å². The molecule has 0 amide bonds. The molecule has 0 saturated heterocycles. The maximum absolute atomic E-state index is 10.1. The topological polar surface area (TPSA) is 40.5 Å². The lowest BCUT2D eigenvalue weighted by Crippen LogP contribution is -2.29. The molecular weight excluding hydrogens is 368 g/mol. The zero-order chi connectivity index (χ0) is 22.1. The van der Waals surface area contributed by atoms with Gasteiger partial charge in [0.1, 0.15) is 0 Å². The Bertz CT molecular complexity index is 729. The van der Waals surface area contributed by atoms with Crippen LogP contribution in [0.2, 0.25) is 0 Å². The van der Waals surface area contributed by atoms with Gasteiger partial charge in [0.05, 0.1) is 12.2 Å². The summed E-state index contributed by atoms with van der Waals surface area (Å²) in [5.41, 5.74) is 7.46. The van der Waals surface area contributed by atoms with E-state index in [0.717, 1.165) is 5.57 Å². The zero-order valence-electron chi connectivity index (χ0n) is 20.1. The second kappa shape index (κ2) is 9.17. The Labute approximate surface area is 184 Å². The van der Waals surface area contributed by atoms with E-state index in [0.29, 0.717) is 35.2 Å². The van der Waals surface area contributed by atoms with Gasteiger partial charge in [0.15, 0.2) is 0 Å². The van der Waals surface area contributed by atoms with Crippen molar-refractivity contribution in [3.05, 3.63) is 46.6 Å². The van der Waals surface area contributed by atoms with Crippen LogP contribution >= 0.6 is 0 Å². The van der Waals surface area contributed by atoms with Gasteiger partial charge >= 0.3 is 0 Å². The second-order valence-electron chi connectivity index (χ2n) is 11.6. The maximum Gasteiger partial charge on any atom is 0.0809 e. The molecule has 2 nitrogen and oxygen atoms in total. The predicted molar refractivity (Wildman–Crippen MR) is 127 cm³/mol. The van der Waals surface area contributed by atoms with Crippen LogP contribution in [0.1, 0.15) is 98.8 Å². The third-order valence-electron chi connectivity index (χ3n) is 8.04. The van der Waals surface area contributed by atoms with Gasteiger partial charge in [-0.3, -0.25) is 0 Å². The van der Waals surface area contributed by atoms with Crippen molar-refractivity contribution in [3.63, 3.8) is 0 Å². The first-order valence-corrected chi connectivity index (χ1v) is 12.1. The van der Waals surface area contributed by atoms with E-state index >= 15 is 0 Å². The molecule has 0 aliphatic heterocycles. The molecule has 0 spiro atoms. The molecule has 3 saturated carbocycles. The van der Waals surface area contributed by atoms with Crippen molar-refractivity contribution in [1.29, 1.82) is 0 Å². The number of hydrogen-bond donors (Lipinski definition) is 2. The number of aliphatic hydroxyl groups excluding tert-OH is 2. The molecule has 1 unspecified atom stereocenters. The summed E-state index contributed by atoms with van der Waals surface area (Å²) in [6, 6.07) is 0. The Morgan fingerprint density at radius 1 is 1.13 bits per heavy atom. The van der Waals surface area contributed by atoms with Crippen molar-refractivity contribution in [1.82, 2.24) is 0 Å². The zero-order valence-corrected chi connectivity index (χ0v) is 20.1. The Hall–Kier alpha value is -1.12. The summed E-state index contributed by atoms with van der Waals surface area (Å²) in [5, 5.41) is 20.3. The van der Waals surface area contributed by atoms with Crippen molar-refractivity contribution in [2.75, 3.05) is 0 Å². The summed E-state index contributed by atoms with van der Waals surface area (Å²) < 4.78 is 0. The first kappa shape index (κ1) is 23.5. The maximum atomic E-state index is 10.1. The molecule has 0 heterocycles. The van der Waals surface area contributed by atoms with Gasteiger partial charge in [-0.2, -0.15) is 0 Å². The molecule has 0 radical (unpaired) electrons. The average molecular weight is 413 g/mol. The molecule has 0 aromatic carbocycles. The van der Waals surface area contributed by atoms with E-state index in [-0.39, 0.29) is 0 Å². The fraction of sp³-hybridized carbons (Fsp3) is 0.714. The normalized spacial score (nSPS) is 35.6. The molecule has 30 heavy (non-hydrogen) atoms. The monoisotopic (exact) mass is 412 g/mol. The number of rotatable bonds is 4. The molecule has 4 atom stereocenters. The lowest BCUT2D eigenvalue weighted by Gasteiger charge is -2.40. The quantitative estimate of drug-likeness (QED) is 0.486. The summed E-state index contributed by atoms with van der Waals surface area (Å²) in [5.74, 6) is 0.657. The van der Waals surface area contributed by atoms with Gasteiger partial charge in [0.25, 0.3) is 0 Å². The van der Waals surface area contributed by atoms with Gasteiger partial charge in [0.2, 0.25) is 0 Å². The van der Waals surface area contributed by atoms with Crippen molar-refractivity contribution >= 4 is 0 Å². The highest BCUT2D eigenvalue weighted by molar-refractivity contribution is 5.35. The van der Waals surface area contributed by atoms with Gasteiger partial charge < -0.3 is 10.2 Å². The van der Waals surface area contributed by atoms with E-state index < -0.39 is 12.2 Å². The van der Waals surface area contributed by atoms with Gasteiger partial charge in [-0.25, -0.2) is 0 Å². The van der Waals surface area contributed by atoms with Crippen molar-refractivity contribution in [2.24, 2.45) is 16.7 Å². The Morgan fingerprint density at radius 2 is 1.80 bits per heavy atom. The summed E-state index contributed by atoms with van der Waals surface area (Å²) in [4.78, 5) is 0. The standard InChI is InChI=1S/C28H44O2/c1-19(9-7-15-27(3,4)5)23-13-14-24-22(10-8-16-28(23,24)6)12-11-21-17-25(29)20(2)26(30)18-21/h11-12,24-26,29-30H,2,7-10,13-18H2,1,3-6H3/b22-12+,23-19+/t24?,25-,26-,28-/m1/s1. The van der Waals surface area contributed by atoms with Crippen LogP contribution in [0.4, 0.5) is 0 Å². The fourth-order valence-electron chi connectivity index (χ4n) is 6.22. The largest absolute Gasteiger partial charge is 0.388 e. The second-order valence-corrected chi connectivity index (χ2v) is 11.6. The van der Waals surface area contributed by atoms with E-state index in [4.69, 9.17) is 0 Å². The van der Waals surface area contributed by atoms with E-state index in [9.17, 15) is 10.2 Å². The summed E-state index contributed by atoms with van der Waals surface area (Å²) in [6.45, 7) is 15.8. The number of fused-ring (bicyclic) bond motifs is 1. The molecule has 0 bridgehead atoms. The highest BCUT2D eigenvalue weighted by atomic mass is 16.3. The summed E-state index contributed by atoms with van der Waals surface area (Å²) in [6.07, 6.45) is 14.7. The lowest BCUT2D eigenvalue weighted by atomic mass is 9.64. The highest BCUT2D eigenvalue weighted by Crippen LogP contribution is 2.58. The van der Waals surface area contributed by atoms with Crippen molar-refractivity contribution < 1.29 is 10.2 Å². The third-order valence-corrected chi connectivity index (χ3v) is 8.04. The van der Waals surface area contributed by atoms with Crippen molar-refractivity contribution in [2.45, 2.75) is 111 Å².